The molecule has 1 fully saturated rings. The van der Waals surface area contributed by atoms with Gasteiger partial charge < -0.3 is 14.6 Å². The highest BCUT2D eigenvalue weighted by molar-refractivity contribution is 7.92. The van der Waals surface area contributed by atoms with E-state index in [9.17, 15) is 26.4 Å². The summed E-state index contributed by atoms with van der Waals surface area (Å²) in [6.07, 6.45) is -4.80. The number of halogens is 4. The van der Waals surface area contributed by atoms with Gasteiger partial charge in [-0.3, -0.25) is 9.62 Å². The van der Waals surface area contributed by atoms with Crippen molar-refractivity contribution in [3.05, 3.63) is 23.8 Å². The molecule has 28 heavy (non-hydrogen) atoms. The Bertz CT molecular complexity index is 770. The molecule has 1 aliphatic heterocycles. The van der Waals surface area contributed by atoms with Crippen LogP contribution in [0.2, 0.25) is 0 Å². The standard InChI is InChI=1S/C15H19F3N2O6S.ClH/c16-15(17,18)26-13-3-2-11(14(21)22)10-12(13)19-27(23,24)9-1-4-20-5-7-25-8-6-20;/h2-3,10,19H,1,4-9H2,(H,21,22);1H. The minimum Gasteiger partial charge on any atom is -0.478 e. The van der Waals surface area contributed by atoms with Crippen LogP contribution in [0.1, 0.15) is 16.8 Å². The van der Waals surface area contributed by atoms with Crippen LogP contribution in [0.5, 0.6) is 5.75 Å². The lowest BCUT2D eigenvalue weighted by Crippen LogP contribution is -2.37. The number of carboxylic acids is 1. The van der Waals surface area contributed by atoms with Crippen molar-refractivity contribution in [2.45, 2.75) is 12.8 Å². The molecule has 1 aromatic carbocycles. The van der Waals surface area contributed by atoms with Crippen molar-refractivity contribution in [2.75, 3.05) is 43.3 Å². The van der Waals surface area contributed by atoms with E-state index in [2.05, 4.69) is 4.74 Å². The molecule has 1 saturated heterocycles. The number of alkyl halides is 3. The third-order valence-electron chi connectivity index (χ3n) is 3.71. The van der Waals surface area contributed by atoms with Crippen molar-refractivity contribution < 1.29 is 41.0 Å². The summed E-state index contributed by atoms with van der Waals surface area (Å²) in [5.74, 6) is -2.58. The fourth-order valence-corrected chi connectivity index (χ4v) is 3.58. The Labute approximate surface area is 166 Å². The second kappa shape index (κ2) is 10.1. The fourth-order valence-electron chi connectivity index (χ4n) is 2.48. The highest BCUT2D eigenvalue weighted by Crippen LogP contribution is 2.32. The van der Waals surface area contributed by atoms with Gasteiger partial charge in [-0.2, -0.15) is 0 Å². The molecular weight excluding hydrogens is 429 g/mol. The maximum Gasteiger partial charge on any atom is 0.573 e. The first-order chi connectivity index (χ1) is 12.6. The Morgan fingerprint density at radius 3 is 2.50 bits per heavy atom. The minimum atomic E-state index is -5.05. The predicted molar refractivity (Wildman–Crippen MR) is 96.6 cm³/mol. The molecule has 0 saturated carbocycles. The highest BCUT2D eigenvalue weighted by atomic mass is 35.5. The van der Waals surface area contributed by atoms with Crippen LogP contribution in [-0.4, -0.2) is 69.4 Å². The molecule has 160 valence electrons. The lowest BCUT2D eigenvalue weighted by Gasteiger charge is -2.26. The molecule has 0 radical (unpaired) electrons. The third kappa shape index (κ3) is 8.09. The molecule has 0 spiro atoms. The molecule has 0 unspecified atom stereocenters. The number of hydrogen-bond acceptors (Lipinski definition) is 6. The van der Waals surface area contributed by atoms with E-state index >= 15 is 0 Å². The zero-order valence-electron chi connectivity index (χ0n) is 14.6. The van der Waals surface area contributed by atoms with Crippen molar-refractivity contribution in [2.24, 2.45) is 0 Å². The molecule has 8 nitrogen and oxygen atoms in total. The van der Waals surface area contributed by atoms with Crippen LogP contribution >= 0.6 is 12.4 Å². The van der Waals surface area contributed by atoms with Gasteiger partial charge in [-0.25, -0.2) is 13.2 Å². The number of morpholine rings is 1. The Morgan fingerprint density at radius 1 is 1.29 bits per heavy atom. The SMILES string of the molecule is Cl.O=C(O)c1ccc(OC(F)(F)F)c(NS(=O)(=O)CCCN2CCOCC2)c1. The molecule has 0 bridgehead atoms. The molecule has 1 heterocycles. The number of anilines is 1. The van der Waals surface area contributed by atoms with Gasteiger partial charge in [0.05, 0.1) is 30.2 Å². The van der Waals surface area contributed by atoms with E-state index in [1.54, 1.807) is 0 Å². The fraction of sp³-hybridized carbons (Fsp3) is 0.533. The minimum absolute atomic E-state index is 0. The number of nitrogens with one attached hydrogen (secondary N) is 1. The Hall–Kier alpha value is -1.76. The number of ether oxygens (including phenoxy) is 2. The zero-order chi connectivity index (χ0) is 20.1. The molecule has 2 rings (SSSR count). The summed E-state index contributed by atoms with van der Waals surface area (Å²) < 4.78 is 72.8. The number of benzene rings is 1. The van der Waals surface area contributed by atoms with Gasteiger partial charge in [0, 0.05) is 13.1 Å². The van der Waals surface area contributed by atoms with Gasteiger partial charge in [0.2, 0.25) is 10.0 Å². The number of rotatable bonds is 8. The Morgan fingerprint density at radius 2 is 1.93 bits per heavy atom. The van der Waals surface area contributed by atoms with E-state index < -0.39 is 33.8 Å². The summed E-state index contributed by atoms with van der Waals surface area (Å²) in [5, 5.41) is 8.96. The van der Waals surface area contributed by atoms with Gasteiger partial charge in [0.15, 0.2) is 5.75 Å². The van der Waals surface area contributed by atoms with E-state index in [1.165, 1.54) is 0 Å². The van der Waals surface area contributed by atoms with Crippen molar-refractivity contribution in [3.8, 4) is 5.75 Å². The summed E-state index contributed by atoms with van der Waals surface area (Å²) in [5.41, 5.74) is -0.964. The number of hydrogen-bond donors (Lipinski definition) is 2. The average molecular weight is 449 g/mol. The van der Waals surface area contributed by atoms with E-state index in [0.717, 1.165) is 18.2 Å². The zero-order valence-corrected chi connectivity index (χ0v) is 16.2. The summed E-state index contributed by atoms with van der Waals surface area (Å²) in [6.45, 7) is 2.97. The van der Waals surface area contributed by atoms with Crippen molar-refractivity contribution in [3.63, 3.8) is 0 Å². The normalized spacial score (nSPS) is 15.5. The van der Waals surface area contributed by atoms with E-state index in [0.29, 0.717) is 32.8 Å². The lowest BCUT2D eigenvalue weighted by molar-refractivity contribution is -0.274. The highest BCUT2D eigenvalue weighted by Gasteiger charge is 2.33. The molecule has 2 N–H and O–H groups in total. The van der Waals surface area contributed by atoms with Crippen LogP contribution < -0.4 is 9.46 Å². The van der Waals surface area contributed by atoms with Crippen LogP contribution in [0.25, 0.3) is 0 Å². The first-order valence-corrected chi connectivity index (χ1v) is 9.65. The van der Waals surface area contributed by atoms with Crippen molar-refractivity contribution in [1.82, 2.24) is 4.90 Å². The Kier molecular flexibility index (Phi) is 8.79. The largest absolute Gasteiger partial charge is 0.573 e. The lowest BCUT2D eigenvalue weighted by atomic mass is 10.2. The number of nitrogens with zero attached hydrogens (tertiary/aromatic N) is 1. The van der Waals surface area contributed by atoms with E-state index in [-0.39, 0.29) is 30.1 Å². The smallest absolute Gasteiger partial charge is 0.478 e. The van der Waals surface area contributed by atoms with Gasteiger partial charge in [0.1, 0.15) is 0 Å². The molecule has 1 aromatic rings. The second-order valence-corrected chi connectivity index (χ2v) is 7.63. The number of aromatic carboxylic acids is 1. The van der Waals surface area contributed by atoms with Gasteiger partial charge in [-0.15, -0.1) is 25.6 Å². The van der Waals surface area contributed by atoms with Crippen LogP contribution in [0, 0.1) is 0 Å². The number of carbonyl (C=O) groups is 1. The molecule has 0 aliphatic carbocycles. The first kappa shape index (κ1) is 24.3. The predicted octanol–water partition coefficient (Wildman–Crippen LogP) is 2.17. The van der Waals surface area contributed by atoms with E-state index in [4.69, 9.17) is 9.84 Å². The second-order valence-electron chi connectivity index (χ2n) is 5.79. The van der Waals surface area contributed by atoms with Gasteiger partial charge in [-0.05, 0) is 31.2 Å². The quantitative estimate of drug-likeness (QED) is 0.628. The maximum absolute atomic E-state index is 12.5. The molecule has 0 amide bonds. The van der Waals surface area contributed by atoms with Crippen LogP contribution in [-0.2, 0) is 14.8 Å². The summed E-state index contributed by atoms with van der Waals surface area (Å²) in [6, 6.07) is 2.42. The summed E-state index contributed by atoms with van der Waals surface area (Å²) in [7, 11) is -4.00. The van der Waals surface area contributed by atoms with E-state index in [1.807, 2.05) is 9.62 Å². The molecule has 0 aromatic heterocycles. The summed E-state index contributed by atoms with van der Waals surface area (Å²) in [4.78, 5) is 13.0. The topological polar surface area (TPSA) is 105 Å². The van der Waals surface area contributed by atoms with Gasteiger partial charge in [-0.1, -0.05) is 0 Å². The monoisotopic (exact) mass is 448 g/mol. The molecular formula is C15H20ClF3N2O6S. The number of sulfonamides is 1. The Balaban J connectivity index is 0.00000392. The van der Waals surface area contributed by atoms with Gasteiger partial charge in [0.25, 0.3) is 0 Å². The van der Waals surface area contributed by atoms with Crippen LogP contribution in [0.15, 0.2) is 18.2 Å². The molecule has 1 aliphatic rings. The summed E-state index contributed by atoms with van der Waals surface area (Å²) >= 11 is 0. The molecule has 0 atom stereocenters. The van der Waals surface area contributed by atoms with Crippen LogP contribution in [0.4, 0.5) is 18.9 Å². The average Bonchev–Trinajstić information content (AvgIpc) is 2.55. The molecule has 13 heteroatoms. The number of carboxylic acid groups (broad SMARTS) is 1. The van der Waals surface area contributed by atoms with Crippen molar-refractivity contribution in [1.29, 1.82) is 0 Å². The first-order valence-electron chi connectivity index (χ1n) is 7.99. The third-order valence-corrected chi connectivity index (χ3v) is 5.07. The van der Waals surface area contributed by atoms with Gasteiger partial charge >= 0.3 is 12.3 Å². The van der Waals surface area contributed by atoms with Crippen molar-refractivity contribution >= 4 is 34.1 Å². The van der Waals surface area contributed by atoms with Crippen LogP contribution in [0.3, 0.4) is 0 Å². The maximum atomic E-state index is 12.5.